The van der Waals surface area contributed by atoms with Crippen LogP contribution in [-0.4, -0.2) is 84.7 Å². The highest BCUT2D eigenvalue weighted by Gasteiger charge is 2.31. The number of hydrogen-bond acceptors (Lipinski definition) is 7. The maximum Gasteiger partial charge on any atom is 0.243 e. The fourth-order valence-electron chi connectivity index (χ4n) is 4.93. The standard InChI is InChI=1S/C28H43N11O4/c29-27(30)34-12-3-6-18(16-40)37-25(42)22(10-5-13-35-28(31)32)38-26(43)23(39-24(41)21-9-4-11-33-21)14-17-15-36-20-8-2-1-7-19(17)20/h1-2,7-8,15-16,18,21-23,33,36H,3-6,9-14H2,(H,37,42)(H,38,43)(H,39,41)(H4,29,30,34)(H4,31,32,35)/t18-,21?,22-,23-/m0/s1. The minimum atomic E-state index is -1.02. The van der Waals surface area contributed by atoms with Crippen LogP contribution in [0.1, 0.15) is 44.1 Å². The summed E-state index contributed by atoms with van der Waals surface area (Å²) in [7, 11) is 0. The average molecular weight is 598 g/mol. The van der Waals surface area contributed by atoms with E-state index in [-0.39, 0.29) is 37.2 Å². The summed E-state index contributed by atoms with van der Waals surface area (Å²) in [6.07, 6.45) is 5.47. The average Bonchev–Trinajstić information content (AvgIpc) is 3.66. The van der Waals surface area contributed by atoms with Crippen molar-refractivity contribution in [2.24, 2.45) is 32.9 Å². The van der Waals surface area contributed by atoms with Crippen LogP contribution in [0.15, 0.2) is 40.4 Å². The van der Waals surface area contributed by atoms with Crippen LogP contribution >= 0.6 is 0 Å². The number of amides is 3. The number of benzene rings is 1. The quantitative estimate of drug-likeness (QED) is 0.0431. The molecule has 1 unspecified atom stereocenters. The van der Waals surface area contributed by atoms with Crippen LogP contribution in [0.5, 0.6) is 0 Å². The van der Waals surface area contributed by atoms with Crippen molar-refractivity contribution in [2.45, 2.75) is 69.1 Å². The molecule has 1 aliphatic heterocycles. The van der Waals surface area contributed by atoms with Crippen molar-refractivity contribution in [2.75, 3.05) is 19.6 Å². The SMILES string of the molecule is NC(N)=NCCC[C@@H](C=O)NC(=O)[C@H](CCCN=C(N)N)NC(=O)[C@H](Cc1c[nH]c2ccccc12)NC(=O)C1CCCN1. The number of guanidine groups is 2. The van der Waals surface area contributed by atoms with Gasteiger partial charge in [0.1, 0.15) is 18.4 Å². The number of H-pyrrole nitrogens is 1. The van der Waals surface area contributed by atoms with Gasteiger partial charge in [-0.1, -0.05) is 18.2 Å². The topological polar surface area (TPSA) is 261 Å². The first kappa shape index (κ1) is 32.8. The highest BCUT2D eigenvalue weighted by Crippen LogP contribution is 2.19. The molecule has 0 bridgehead atoms. The van der Waals surface area contributed by atoms with Crippen LogP contribution in [0.25, 0.3) is 10.9 Å². The van der Waals surface area contributed by atoms with E-state index in [1.807, 2.05) is 24.3 Å². The smallest absolute Gasteiger partial charge is 0.243 e. The van der Waals surface area contributed by atoms with Crippen LogP contribution in [0, 0.1) is 0 Å². The Morgan fingerprint density at radius 2 is 1.60 bits per heavy atom. The van der Waals surface area contributed by atoms with Crippen molar-refractivity contribution in [1.29, 1.82) is 0 Å². The van der Waals surface area contributed by atoms with Gasteiger partial charge in [-0.3, -0.25) is 24.4 Å². The Hall–Kier alpha value is -4.66. The largest absolute Gasteiger partial charge is 0.370 e. The van der Waals surface area contributed by atoms with E-state index in [2.05, 4.69) is 36.2 Å². The Bertz CT molecular complexity index is 1290. The number of carbonyl (C=O) groups is 4. The summed E-state index contributed by atoms with van der Waals surface area (Å²) >= 11 is 0. The number of carbonyl (C=O) groups excluding carboxylic acids is 4. The molecule has 15 heteroatoms. The molecule has 4 atom stereocenters. The fourth-order valence-corrected chi connectivity index (χ4v) is 4.93. The predicted molar refractivity (Wildman–Crippen MR) is 165 cm³/mol. The van der Waals surface area contributed by atoms with Crippen LogP contribution < -0.4 is 44.2 Å². The molecule has 2 heterocycles. The summed E-state index contributed by atoms with van der Waals surface area (Å²) in [5, 5.41) is 12.4. The van der Waals surface area contributed by atoms with E-state index in [1.165, 1.54) is 0 Å². The number of rotatable bonds is 17. The Labute approximate surface area is 250 Å². The molecule has 0 spiro atoms. The van der Waals surface area contributed by atoms with E-state index in [1.54, 1.807) is 6.20 Å². The van der Waals surface area contributed by atoms with Crippen molar-refractivity contribution in [3.63, 3.8) is 0 Å². The summed E-state index contributed by atoms with van der Waals surface area (Å²) in [6, 6.07) is 4.46. The normalized spacial score (nSPS) is 16.4. The van der Waals surface area contributed by atoms with Gasteiger partial charge in [-0.15, -0.1) is 0 Å². The molecule has 15 nitrogen and oxygen atoms in total. The molecule has 234 valence electrons. The Morgan fingerprint density at radius 3 is 2.26 bits per heavy atom. The van der Waals surface area contributed by atoms with E-state index in [0.717, 1.165) is 29.4 Å². The zero-order valence-corrected chi connectivity index (χ0v) is 24.2. The molecule has 0 saturated carbocycles. The second kappa shape index (κ2) is 16.7. The molecule has 0 aliphatic carbocycles. The highest BCUT2D eigenvalue weighted by atomic mass is 16.2. The number of fused-ring (bicyclic) bond motifs is 1. The zero-order chi connectivity index (χ0) is 31.2. The van der Waals surface area contributed by atoms with Crippen molar-refractivity contribution in [3.8, 4) is 0 Å². The third-order valence-electron chi connectivity index (χ3n) is 7.15. The van der Waals surface area contributed by atoms with E-state index < -0.39 is 36.0 Å². The molecule has 1 aromatic heterocycles. The van der Waals surface area contributed by atoms with Crippen LogP contribution in [0.4, 0.5) is 0 Å². The number of aldehydes is 1. The van der Waals surface area contributed by atoms with Gasteiger partial charge in [0.2, 0.25) is 17.7 Å². The molecule has 13 N–H and O–H groups in total. The number of nitrogens with zero attached hydrogens (tertiary/aromatic N) is 2. The molecule has 1 fully saturated rings. The maximum absolute atomic E-state index is 13.7. The Balaban J connectivity index is 1.76. The van der Waals surface area contributed by atoms with E-state index in [0.29, 0.717) is 38.5 Å². The van der Waals surface area contributed by atoms with Gasteiger partial charge in [0, 0.05) is 36.6 Å². The lowest BCUT2D eigenvalue weighted by Crippen LogP contribution is -2.57. The van der Waals surface area contributed by atoms with Crippen molar-refractivity contribution < 1.29 is 19.2 Å². The first-order valence-electron chi connectivity index (χ1n) is 14.4. The maximum atomic E-state index is 13.7. The molecule has 1 aliphatic rings. The minimum Gasteiger partial charge on any atom is -0.370 e. The summed E-state index contributed by atoms with van der Waals surface area (Å²) in [4.78, 5) is 62.8. The molecule has 3 rings (SSSR count). The molecule has 1 aromatic carbocycles. The summed E-state index contributed by atoms with van der Waals surface area (Å²) in [5.74, 6) is -1.52. The minimum absolute atomic E-state index is 0.0618. The van der Waals surface area contributed by atoms with Crippen LogP contribution in [0.3, 0.4) is 0 Å². The van der Waals surface area contributed by atoms with Crippen LogP contribution in [0.2, 0.25) is 0 Å². The second-order valence-electron chi connectivity index (χ2n) is 10.5. The van der Waals surface area contributed by atoms with Crippen LogP contribution in [-0.2, 0) is 25.6 Å². The Morgan fingerprint density at radius 1 is 0.930 bits per heavy atom. The number of nitrogens with two attached hydrogens (primary N) is 4. The lowest BCUT2D eigenvalue weighted by molar-refractivity contribution is -0.133. The number of aromatic nitrogens is 1. The van der Waals surface area contributed by atoms with E-state index in [9.17, 15) is 19.2 Å². The number of para-hydroxylation sites is 1. The van der Waals surface area contributed by atoms with Gasteiger partial charge in [0.05, 0.1) is 12.1 Å². The third-order valence-corrected chi connectivity index (χ3v) is 7.15. The third kappa shape index (κ3) is 10.6. The predicted octanol–water partition coefficient (Wildman–Crippen LogP) is -1.78. The van der Waals surface area contributed by atoms with Crippen molar-refractivity contribution in [1.82, 2.24) is 26.3 Å². The van der Waals surface area contributed by atoms with Gasteiger partial charge in [-0.2, -0.15) is 0 Å². The molecule has 2 aromatic rings. The number of aromatic amines is 1. The second-order valence-corrected chi connectivity index (χ2v) is 10.5. The highest BCUT2D eigenvalue weighted by molar-refractivity contribution is 5.94. The number of aliphatic imine (C=N–C) groups is 2. The van der Waals surface area contributed by atoms with Gasteiger partial charge in [0.25, 0.3) is 0 Å². The van der Waals surface area contributed by atoms with Gasteiger partial charge in [-0.25, -0.2) is 0 Å². The first-order valence-corrected chi connectivity index (χ1v) is 14.4. The number of hydrogen-bond donors (Lipinski definition) is 9. The lowest BCUT2D eigenvalue weighted by Gasteiger charge is -2.25. The van der Waals surface area contributed by atoms with Gasteiger partial charge in [0.15, 0.2) is 11.9 Å². The zero-order valence-electron chi connectivity index (χ0n) is 24.2. The van der Waals surface area contributed by atoms with E-state index in [4.69, 9.17) is 22.9 Å². The lowest BCUT2D eigenvalue weighted by atomic mass is 10.0. The molecular weight excluding hydrogens is 554 g/mol. The monoisotopic (exact) mass is 597 g/mol. The molecule has 43 heavy (non-hydrogen) atoms. The summed E-state index contributed by atoms with van der Waals surface area (Å²) in [6.45, 7) is 1.26. The van der Waals surface area contributed by atoms with Crippen molar-refractivity contribution >= 4 is 46.8 Å². The summed E-state index contributed by atoms with van der Waals surface area (Å²) < 4.78 is 0. The molecule has 0 radical (unpaired) electrons. The van der Waals surface area contributed by atoms with Gasteiger partial charge < -0.3 is 54.0 Å². The molecule has 1 saturated heterocycles. The Kier molecular flexibility index (Phi) is 12.8. The first-order chi connectivity index (χ1) is 20.7. The molecule has 3 amide bonds. The number of nitrogens with one attached hydrogen (secondary N) is 5. The fraction of sp³-hybridized carbons (Fsp3) is 0.500. The van der Waals surface area contributed by atoms with E-state index >= 15 is 0 Å². The van der Waals surface area contributed by atoms with Gasteiger partial charge >= 0.3 is 0 Å². The summed E-state index contributed by atoms with van der Waals surface area (Å²) in [5.41, 5.74) is 23.3. The van der Waals surface area contributed by atoms with Crippen molar-refractivity contribution in [3.05, 3.63) is 36.0 Å². The molecular formula is C28H43N11O4. The van der Waals surface area contributed by atoms with Gasteiger partial charge in [-0.05, 0) is 56.7 Å².